The average Bonchev–Trinajstić information content (AvgIpc) is 2.20. The van der Waals surface area contributed by atoms with Crippen molar-refractivity contribution in [2.75, 3.05) is 34.5 Å². The van der Waals surface area contributed by atoms with Gasteiger partial charge in [0.15, 0.2) is 0 Å². The monoisotopic (exact) mass is 207 g/mol. The van der Waals surface area contributed by atoms with Crippen LogP contribution >= 0.6 is 0 Å². The van der Waals surface area contributed by atoms with Crippen LogP contribution in [0, 0.1) is 0 Å². The topological polar surface area (TPSA) is 66.3 Å². The molecule has 13 heavy (non-hydrogen) atoms. The minimum atomic E-state index is -2.96. The van der Waals surface area contributed by atoms with Crippen LogP contribution in [0.1, 0.15) is 0 Å². The standard InChI is InChI=1S/C6H13NO5Si/c1-9-13(10-2,11-3)12-5-4-7-6-8/h4-5H2,1-3H3. The zero-order valence-electron chi connectivity index (χ0n) is 7.90. The summed E-state index contributed by atoms with van der Waals surface area (Å²) >= 11 is 0. The van der Waals surface area contributed by atoms with Crippen LogP contribution < -0.4 is 0 Å². The third-order valence-corrected chi connectivity index (χ3v) is 3.35. The van der Waals surface area contributed by atoms with Crippen molar-refractivity contribution in [2.24, 2.45) is 4.99 Å². The fraction of sp³-hybridized carbons (Fsp3) is 0.833. The molecule has 0 aromatic rings. The molecule has 0 aromatic heterocycles. The van der Waals surface area contributed by atoms with Crippen LogP contribution in [0.4, 0.5) is 0 Å². The fourth-order valence-electron chi connectivity index (χ4n) is 0.689. The van der Waals surface area contributed by atoms with Crippen molar-refractivity contribution in [1.82, 2.24) is 0 Å². The minimum absolute atomic E-state index is 0.205. The lowest BCUT2D eigenvalue weighted by molar-refractivity contribution is 0.00802. The number of carbonyl (C=O) groups excluding carboxylic acids is 1. The molecule has 6 nitrogen and oxygen atoms in total. The summed E-state index contributed by atoms with van der Waals surface area (Å²) in [5, 5.41) is 0. The van der Waals surface area contributed by atoms with E-state index in [4.69, 9.17) is 17.7 Å². The molecular weight excluding hydrogens is 194 g/mol. The SMILES string of the molecule is CO[Si](OC)(OC)OCCN=C=O. The van der Waals surface area contributed by atoms with E-state index in [1.165, 1.54) is 27.4 Å². The summed E-state index contributed by atoms with van der Waals surface area (Å²) in [5.74, 6) is 0. The van der Waals surface area contributed by atoms with E-state index in [9.17, 15) is 4.79 Å². The smallest absolute Gasteiger partial charge is 0.355 e. The van der Waals surface area contributed by atoms with E-state index in [-0.39, 0.29) is 13.2 Å². The Bertz CT molecular complexity index is 170. The molecule has 0 atom stereocenters. The van der Waals surface area contributed by atoms with Crippen LogP contribution in [-0.2, 0) is 22.5 Å². The van der Waals surface area contributed by atoms with E-state index in [2.05, 4.69) is 4.99 Å². The molecule has 0 aliphatic carbocycles. The maximum absolute atomic E-state index is 9.71. The largest absolute Gasteiger partial charge is 0.678 e. The molecule has 0 amide bonds. The van der Waals surface area contributed by atoms with Gasteiger partial charge in [-0.3, -0.25) is 0 Å². The lowest BCUT2D eigenvalue weighted by Gasteiger charge is -2.22. The molecule has 0 unspecified atom stereocenters. The summed E-state index contributed by atoms with van der Waals surface area (Å²) in [4.78, 5) is 13.0. The molecule has 0 bridgehead atoms. The quantitative estimate of drug-likeness (QED) is 0.248. The van der Waals surface area contributed by atoms with E-state index < -0.39 is 9.05 Å². The predicted octanol–water partition coefficient (Wildman–Crippen LogP) is -0.286. The Morgan fingerprint density at radius 3 is 2.15 bits per heavy atom. The van der Waals surface area contributed by atoms with Crippen molar-refractivity contribution >= 4 is 15.1 Å². The van der Waals surface area contributed by atoms with Gasteiger partial charge in [-0.05, 0) is 0 Å². The van der Waals surface area contributed by atoms with Crippen LogP contribution in [0.5, 0.6) is 0 Å². The van der Waals surface area contributed by atoms with Crippen LogP contribution in [0.25, 0.3) is 0 Å². The molecule has 0 N–H and O–H groups in total. The lowest BCUT2D eigenvalue weighted by atomic mass is 10.7. The Hall–Kier alpha value is -0.563. The van der Waals surface area contributed by atoms with Gasteiger partial charge in [0.2, 0.25) is 6.08 Å². The first-order chi connectivity index (χ1) is 6.24. The molecule has 0 heterocycles. The van der Waals surface area contributed by atoms with Crippen molar-refractivity contribution in [3.63, 3.8) is 0 Å². The van der Waals surface area contributed by atoms with Crippen LogP contribution in [-0.4, -0.2) is 49.6 Å². The highest BCUT2D eigenvalue weighted by Gasteiger charge is 2.41. The zero-order valence-corrected chi connectivity index (χ0v) is 8.90. The van der Waals surface area contributed by atoms with Gasteiger partial charge in [-0.25, -0.2) is 9.79 Å². The number of isocyanates is 1. The average molecular weight is 207 g/mol. The van der Waals surface area contributed by atoms with E-state index in [0.717, 1.165) is 0 Å². The van der Waals surface area contributed by atoms with E-state index >= 15 is 0 Å². The first-order valence-corrected chi connectivity index (χ1v) is 5.21. The Morgan fingerprint density at radius 1 is 1.23 bits per heavy atom. The van der Waals surface area contributed by atoms with Crippen molar-refractivity contribution in [3.8, 4) is 0 Å². The van der Waals surface area contributed by atoms with Crippen molar-refractivity contribution < 1.29 is 22.5 Å². The number of aliphatic imine (C=N–C) groups is 1. The van der Waals surface area contributed by atoms with Gasteiger partial charge in [0.25, 0.3) is 0 Å². The van der Waals surface area contributed by atoms with Gasteiger partial charge in [-0.1, -0.05) is 0 Å². The lowest BCUT2D eigenvalue weighted by Crippen LogP contribution is -2.46. The van der Waals surface area contributed by atoms with Gasteiger partial charge in [0, 0.05) is 21.3 Å². The Kier molecular flexibility index (Phi) is 6.60. The highest BCUT2D eigenvalue weighted by Crippen LogP contribution is 2.06. The van der Waals surface area contributed by atoms with Gasteiger partial charge in [-0.15, -0.1) is 0 Å². The number of nitrogens with zero attached hydrogens (tertiary/aromatic N) is 1. The molecule has 0 radical (unpaired) electrons. The number of hydrogen-bond donors (Lipinski definition) is 0. The molecular formula is C6H13NO5Si. The third-order valence-electron chi connectivity index (χ3n) is 1.30. The second-order valence-corrected chi connectivity index (χ2v) is 4.45. The number of rotatable bonds is 7. The summed E-state index contributed by atoms with van der Waals surface area (Å²) in [6.45, 7) is 0.422. The molecule has 76 valence electrons. The molecule has 0 aromatic carbocycles. The second kappa shape index (κ2) is 6.90. The van der Waals surface area contributed by atoms with Crippen molar-refractivity contribution in [3.05, 3.63) is 0 Å². The third kappa shape index (κ3) is 4.27. The maximum Gasteiger partial charge on any atom is 0.678 e. The summed E-state index contributed by atoms with van der Waals surface area (Å²) < 4.78 is 20.0. The van der Waals surface area contributed by atoms with Gasteiger partial charge >= 0.3 is 9.05 Å². The molecule has 0 aliphatic heterocycles. The molecule has 0 aliphatic rings. The van der Waals surface area contributed by atoms with Crippen molar-refractivity contribution in [2.45, 2.75) is 0 Å². The van der Waals surface area contributed by atoms with Crippen LogP contribution in [0.3, 0.4) is 0 Å². The normalized spacial score (nSPS) is 11.0. The van der Waals surface area contributed by atoms with E-state index in [0.29, 0.717) is 0 Å². The zero-order chi connectivity index (χ0) is 10.2. The number of hydrogen-bond acceptors (Lipinski definition) is 6. The first-order valence-electron chi connectivity index (χ1n) is 3.57. The molecule has 0 saturated heterocycles. The second-order valence-electron chi connectivity index (χ2n) is 1.93. The molecule has 0 saturated carbocycles. The summed E-state index contributed by atoms with van der Waals surface area (Å²) in [6.07, 6.45) is 1.40. The van der Waals surface area contributed by atoms with Crippen molar-refractivity contribution in [1.29, 1.82) is 0 Å². The van der Waals surface area contributed by atoms with Gasteiger partial charge < -0.3 is 17.7 Å². The molecule has 7 heteroatoms. The highest BCUT2D eigenvalue weighted by molar-refractivity contribution is 6.53. The van der Waals surface area contributed by atoms with Gasteiger partial charge in [0.1, 0.15) is 0 Å². The Labute approximate surface area is 77.9 Å². The van der Waals surface area contributed by atoms with Gasteiger partial charge in [0.05, 0.1) is 13.2 Å². The minimum Gasteiger partial charge on any atom is -0.355 e. The summed E-state index contributed by atoms with van der Waals surface area (Å²) in [6, 6.07) is 0. The van der Waals surface area contributed by atoms with Gasteiger partial charge in [-0.2, -0.15) is 0 Å². The summed E-state index contributed by atoms with van der Waals surface area (Å²) in [7, 11) is 1.34. The van der Waals surface area contributed by atoms with E-state index in [1.807, 2.05) is 0 Å². The van der Waals surface area contributed by atoms with Crippen LogP contribution in [0.2, 0.25) is 0 Å². The molecule has 0 spiro atoms. The fourth-order valence-corrected chi connectivity index (χ4v) is 1.88. The van der Waals surface area contributed by atoms with E-state index in [1.54, 1.807) is 0 Å². The maximum atomic E-state index is 9.71. The highest BCUT2D eigenvalue weighted by atomic mass is 28.4. The van der Waals surface area contributed by atoms with Crippen LogP contribution in [0.15, 0.2) is 4.99 Å². The Morgan fingerprint density at radius 2 is 1.77 bits per heavy atom. The summed E-state index contributed by atoms with van der Waals surface area (Å²) in [5.41, 5.74) is 0. The molecule has 0 fully saturated rings. The first kappa shape index (κ1) is 12.4. The predicted molar refractivity (Wildman–Crippen MR) is 45.7 cm³/mol. The Balaban J connectivity index is 3.87. The molecule has 0 rings (SSSR count).